The van der Waals surface area contributed by atoms with Gasteiger partial charge in [0.2, 0.25) is 0 Å². The molecule has 29 heavy (non-hydrogen) atoms. The van der Waals surface area contributed by atoms with E-state index in [-0.39, 0.29) is 10.8 Å². The van der Waals surface area contributed by atoms with Crippen molar-refractivity contribution < 1.29 is 17.9 Å². The lowest BCUT2D eigenvalue weighted by Gasteiger charge is -2.26. The Morgan fingerprint density at radius 2 is 1.83 bits per heavy atom. The number of nitrogens with one attached hydrogen (secondary N) is 1. The zero-order valence-corrected chi connectivity index (χ0v) is 17.6. The van der Waals surface area contributed by atoms with Crippen molar-refractivity contribution in [3.05, 3.63) is 59.7 Å². The summed E-state index contributed by atoms with van der Waals surface area (Å²) in [5.41, 5.74) is 1.85. The number of ether oxygens (including phenoxy) is 1. The third kappa shape index (κ3) is 5.35. The van der Waals surface area contributed by atoms with Gasteiger partial charge in [0.15, 0.2) is 0 Å². The highest BCUT2D eigenvalue weighted by Gasteiger charge is 2.22. The molecule has 0 aliphatic carbocycles. The normalized spacial score (nSPS) is 15.1. The number of hydrogen-bond acceptors (Lipinski definition) is 5. The first-order chi connectivity index (χ1) is 13.9. The molecule has 0 saturated carbocycles. The van der Waals surface area contributed by atoms with Crippen molar-refractivity contribution in [3.63, 3.8) is 0 Å². The smallest absolute Gasteiger partial charge is 0.264 e. The van der Waals surface area contributed by atoms with Gasteiger partial charge in [0.05, 0.1) is 23.8 Å². The summed E-state index contributed by atoms with van der Waals surface area (Å²) >= 11 is 0. The molecule has 8 heteroatoms. The van der Waals surface area contributed by atoms with E-state index in [1.54, 1.807) is 48.5 Å². The number of sulfonamides is 1. The van der Waals surface area contributed by atoms with Crippen LogP contribution in [0.2, 0.25) is 0 Å². The number of aryl methyl sites for hydroxylation is 1. The average molecular weight is 418 g/mol. The largest absolute Gasteiger partial charge is 0.379 e. The molecule has 156 valence electrons. The second-order valence-electron chi connectivity index (χ2n) is 7.05. The first-order valence-electron chi connectivity index (χ1n) is 9.62. The molecular formula is C21H27N3O4S. The number of hydrogen-bond donors (Lipinski definition) is 1. The topological polar surface area (TPSA) is 79.0 Å². The molecule has 0 spiro atoms. The first-order valence-corrected chi connectivity index (χ1v) is 11.1. The van der Waals surface area contributed by atoms with Gasteiger partial charge < -0.3 is 10.1 Å². The molecule has 0 atom stereocenters. The number of morpholine rings is 1. The number of benzene rings is 2. The average Bonchev–Trinajstić information content (AvgIpc) is 2.74. The van der Waals surface area contributed by atoms with Crippen LogP contribution in [0.25, 0.3) is 0 Å². The fourth-order valence-corrected chi connectivity index (χ4v) is 4.29. The van der Waals surface area contributed by atoms with Gasteiger partial charge in [-0.15, -0.1) is 0 Å². The molecule has 2 aromatic rings. The number of nitrogens with zero attached hydrogens (tertiary/aromatic N) is 2. The van der Waals surface area contributed by atoms with E-state index in [1.807, 2.05) is 6.92 Å². The van der Waals surface area contributed by atoms with E-state index in [0.717, 1.165) is 38.4 Å². The lowest BCUT2D eigenvalue weighted by Crippen LogP contribution is -2.41. The summed E-state index contributed by atoms with van der Waals surface area (Å²) in [4.78, 5) is 14.9. The fourth-order valence-electron chi connectivity index (χ4n) is 3.10. The molecule has 3 rings (SSSR count). The molecule has 1 saturated heterocycles. The molecule has 2 aromatic carbocycles. The van der Waals surface area contributed by atoms with E-state index < -0.39 is 10.0 Å². The van der Waals surface area contributed by atoms with Crippen LogP contribution in [-0.2, 0) is 14.8 Å². The predicted octanol–water partition coefficient (Wildman–Crippen LogP) is 1.88. The van der Waals surface area contributed by atoms with Gasteiger partial charge >= 0.3 is 0 Å². The highest BCUT2D eigenvalue weighted by molar-refractivity contribution is 7.92. The van der Waals surface area contributed by atoms with Crippen LogP contribution in [0.4, 0.5) is 5.69 Å². The Bertz CT molecular complexity index is 939. The Balaban J connectivity index is 1.66. The van der Waals surface area contributed by atoms with Crippen molar-refractivity contribution in [2.24, 2.45) is 0 Å². The van der Waals surface area contributed by atoms with Crippen LogP contribution in [0.3, 0.4) is 0 Å². The van der Waals surface area contributed by atoms with Crippen molar-refractivity contribution in [1.29, 1.82) is 0 Å². The van der Waals surface area contributed by atoms with Gasteiger partial charge in [-0.05, 0) is 37.3 Å². The second-order valence-corrected chi connectivity index (χ2v) is 9.02. The van der Waals surface area contributed by atoms with Crippen molar-refractivity contribution in [2.45, 2.75) is 11.8 Å². The van der Waals surface area contributed by atoms with E-state index in [1.165, 1.54) is 11.4 Å². The SMILES string of the molecule is Cc1ccc(S(=O)(=O)N(C)c2cccc(C(=O)NCCN3CCOCC3)c2)cc1. The van der Waals surface area contributed by atoms with Gasteiger partial charge in [-0.3, -0.25) is 14.0 Å². The van der Waals surface area contributed by atoms with E-state index >= 15 is 0 Å². The van der Waals surface area contributed by atoms with Crippen molar-refractivity contribution in [3.8, 4) is 0 Å². The molecule has 1 aliphatic rings. The maximum atomic E-state index is 12.9. The van der Waals surface area contributed by atoms with Gasteiger partial charge in [0.25, 0.3) is 15.9 Å². The second kappa shape index (κ2) is 9.39. The Hall–Kier alpha value is -2.42. The lowest BCUT2D eigenvalue weighted by molar-refractivity contribution is 0.0383. The molecule has 1 N–H and O–H groups in total. The maximum Gasteiger partial charge on any atom is 0.264 e. The monoisotopic (exact) mass is 417 g/mol. The Morgan fingerprint density at radius 1 is 1.14 bits per heavy atom. The number of carbonyl (C=O) groups is 1. The standard InChI is InChI=1S/C21H27N3O4S/c1-17-6-8-20(9-7-17)29(26,27)23(2)19-5-3-4-18(16-19)21(25)22-10-11-24-12-14-28-15-13-24/h3-9,16H,10-15H2,1-2H3,(H,22,25). The summed E-state index contributed by atoms with van der Waals surface area (Å²) < 4.78 is 32.3. The molecule has 0 aromatic heterocycles. The highest BCUT2D eigenvalue weighted by Crippen LogP contribution is 2.23. The van der Waals surface area contributed by atoms with Gasteiger partial charge in [0, 0.05) is 38.8 Å². The van der Waals surface area contributed by atoms with Gasteiger partial charge in [-0.25, -0.2) is 8.42 Å². The van der Waals surface area contributed by atoms with E-state index in [0.29, 0.717) is 17.8 Å². The van der Waals surface area contributed by atoms with Crippen LogP contribution in [0.15, 0.2) is 53.4 Å². The zero-order valence-electron chi connectivity index (χ0n) is 16.8. The summed E-state index contributed by atoms with van der Waals surface area (Å²) in [6.45, 7) is 6.37. The predicted molar refractivity (Wildman–Crippen MR) is 113 cm³/mol. The third-order valence-electron chi connectivity index (χ3n) is 4.97. The molecule has 1 aliphatic heterocycles. The molecule has 0 radical (unpaired) electrons. The van der Waals surface area contributed by atoms with E-state index in [9.17, 15) is 13.2 Å². The van der Waals surface area contributed by atoms with E-state index in [4.69, 9.17) is 4.74 Å². The molecule has 0 bridgehead atoms. The minimum absolute atomic E-state index is 0.214. The molecule has 7 nitrogen and oxygen atoms in total. The van der Waals surface area contributed by atoms with Gasteiger partial charge in [0.1, 0.15) is 0 Å². The van der Waals surface area contributed by atoms with Crippen molar-refractivity contribution in [2.75, 3.05) is 50.7 Å². The van der Waals surface area contributed by atoms with Crippen LogP contribution < -0.4 is 9.62 Å². The Kier molecular flexibility index (Phi) is 6.89. The van der Waals surface area contributed by atoms with Gasteiger partial charge in [-0.2, -0.15) is 0 Å². The summed E-state index contributed by atoms with van der Waals surface area (Å²) in [5, 5.41) is 2.90. The van der Waals surface area contributed by atoms with Crippen LogP contribution in [0, 0.1) is 6.92 Å². The Morgan fingerprint density at radius 3 is 2.52 bits per heavy atom. The Labute approximate surface area is 172 Å². The van der Waals surface area contributed by atoms with E-state index in [2.05, 4.69) is 10.2 Å². The minimum Gasteiger partial charge on any atom is -0.379 e. The quantitative estimate of drug-likeness (QED) is 0.744. The number of anilines is 1. The fraction of sp³-hybridized carbons (Fsp3) is 0.381. The molecular weight excluding hydrogens is 390 g/mol. The number of amides is 1. The summed E-state index contributed by atoms with van der Waals surface area (Å²) in [5.74, 6) is -0.221. The summed E-state index contributed by atoms with van der Waals surface area (Å²) in [7, 11) is -2.21. The summed E-state index contributed by atoms with van der Waals surface area (Å²) in [6, 6.07) is 13.3. The van der Waals surface area contributed by atoms with Crippen LogP contribution in [0.1, 0.15) is 15.9 Å². The third-order valence-corrected chi connectivity index (χ3v) is 6.77. The van der Waals surface area contributed by atoms with Crippen LogP contribution >= 0.6 is 0 Å². The molecule has 1 amide bonds. The van der Waals surface area contributed by atoms with Crippen molar-refractivity contribution >= 4 is 21.6 Å². The van der Waals surface area contributed by atoms with Gasteiger partial charge in [-0.1, -0.05) is 23.8 Å². The maximum absolute atomic E-state index is 12.9. The zero-order chi connectivity index (χ0) is 20.9. The minimum atomic E-state index is -3.70. The molecule has 1 fully saturated rings. The highest BCUT2D eigenvalue weighted by atomic mass is 32.2. The lowest BCUT2D eigenvalue weighted by atomic mass is 10.2. The molecule has 0 unspecified atom stereocenters. The van der Waals surface area contributed by atoms with Crippen molar-refractivity contribution in [1.82, 2.24) is 10.2 Å². The first kappa shape index (κ1) is 21.3. The van der Waals surface area contributed by atoms with Crippen LogP contribution in [-0.4, -0.2) is 65.7 Å². The molecule has 1 heterocycles. The number of rotatable bonds is 7. The summed E-state index contributed by atoms with van der Waals surface area (Å²) in [6.07, 6.45) is 0. The van der Waals surface area contributed by atoms with Crippen LogP contribution in [0.5, 0.6) is 0 Å². The number of carbonyl (C=O) groups excluding carboxylic acids is 1.